The zero-order valence-corrected chi connectivity index (χ0v) is 17.0. The molecule has 4 rings (SSSR count). The number of alkyl halides is 2. The Labute approximate surface area is 174 Å². The lowest BCUT2D eigenvalue weighted by molar-refractivity contribution is -0.121. The number of fused-ring (bicyclic) bond motifs is 2. The summed E-state index contributed by atoms with van der Waals surface area (Å²) in [5.74, 6) is 0.788. The van der Waals surface area contributed by atoms with E-state index in [0.717, 1.165) is 36.9 Å². The number of anilines is 1. The third kappa shape index (κ3) is 3.97. The molecule has 2 aromatic rings. The van der Waals surface area contributed by atoms with E-state index in [0.29, 0.717) is 17.4 Å². The fourth-order valence-electron chi connectivity index (χ4n) is 4.64. The van der Waals surface area contributed by atoms with E-state index in [4.69, 9.17) is 16.3 Å². The van der Waals surface area contributed by atoms with Crippen molar-refractivity contribution in [3.8, 4) is 5.75 Å². The topological polar surface area (TPSA) is 38.3 Å². The van der Waals surface area contributed by atoms with Crippen molar-refractivity contribution in [2.75, 3.05) is 11.9 Å². The highest BCUT2D eigenvalue weighted by Gasteiger charge is 2.45. The highest BCUT2D eigenvalue weighted by molar-refractivity contribution is 6.30. The Bertz CT molecular complexity index is 892. The average molecular weight is 420 g/mol. The lowest BCUT2D eigenvalue weighted by atomic mass is 9.65. The van der Waals surface area contributed by atoms with Gasteiger partial charge in [0, 0.05) is 33.2 Å². The molecule has 1 fully saturated rings. The minimum atomic E-state index is -2.49. The number of hydrogen-bond acceptors (Lipinski definition) is 2. The van der Waals surface area contributed by atoms with Crippen LogP contribution in [0.3, 0.4) is 0 Å². The van der Waals surface area contributed by atoms with E-state index >= 15 is 0 Å². The first-order chi connectivity index (χ1) is 13.9. The predicted molar refractivity (Wildman–Crippen MR) is 110 cm³/mol. The first kappa shape index (κ1) is 20.1. The molecule has 1 heterocycles. The van der Waals surface area contributed by atoms with Crippen LogP contribution in [0.5, 0.6) is 5.75 Å². The molecule has 1 spiro atoms. The summed E-state index contributed by atoms with van der Waals surface area (Å²) in [7, 11) is 0. The van der Waals surface area contributed by atoms with Crippen LogP contribution in [0.2, 0.25) is 5.02 Å². The van der Waals surface area contributed by atoms with Crippen LogP contribution in [-0.2, 0) is 10.2 Å². The predicted octanol–water partition coefficient (Wildman–Crippen LogP) is 6.37. The molecule has 29 heavy (non-hydrogen) atoms. The largest absolute Gasteiger partial charge is 0.492 e. The van der Waals surface area contributed by atoms with Gasteiger partial charge in [-0.2, -0.15) is 0 Å². The number of nitrogens with one attached hydrogen (secondary N) is 1. The van der Waals surface area contributed by atoms with E-state index in [1.165, 1.54) is 12.1 Å². The summed E-state index contributed by atoms with van der Waals surface area (Å²) in [6.07, 6.45) is 1.13. The second kappa shape index (κ2) is 7.94. The molecule has 154 valence electrons. The average Bonchev–Trinajstić information content (AvgIpc) is 3.07. The number of ether oxygens (including phenoxy) is 1. The molecule has 2 aromatic carbocycles. The molecule has 1 saturated carbocycles. The van der Waals surface area contributed by atoms with Gasteiger partial charge in [-0.1, -0.05) is 30.7 Å². The lowest BCUT2D eigenvalue weighted by Crippen LogP contribution is -2.37. The van der Waals surface area contributed by atoms with Gasteiger partial charge >= 0.3 is 0 Å². The van der Waals surface area contributed by atoms with Crippen molar-refractivity contribution in [1.82, 2.24) is 0 Å². The van der Waals surface area contributed by atoms with Crippen molar-refractivity contribution in [2.24, 2.45) is 11.8 Å². The Morgan fingerprint density at radius 2 is 1.86 bits per heavy atom. The molecular formula is C23H24ClF2NO2. The standard InChI is InChI=1S/C23H24ClF2NO2/c1-14(22(28)27-18-5-3-17(24)4-6-18)15-8-10-23(11-9-15)13-29-20-12-16(21(25)26)2-7-19(20)23/h2-7,12,14-15,21H,8-11,13H2,1H3,(H,27,28)/t14-,15-,23+/m0/s1. The molecule has 6 heteroatoms. The maximum absolute atomic E-state index is 13.0. The van der Waals surface area contributed by atoms with Gasteiger partial charge in [-0.05, 0) is 61.9 Å². The minimum Gasteiger partial charge on any atom is -0.492 e. The molecule has 3 nitrogen and oxygen atoms in total. The third-order valence-electron chi connectivity index (χ3n) is 6.55. The second-order valence-corrected chi connectivity index (χ2v) is 8.68. The molecule has 1 atom stereocenters. The number of benzene rings is 2. The summed E-state index contributed by atoms with van der Waals surface area (Å²) in [5.41, 5.74) is 1.67. The fraction of sp³-hybridized carbons (Fsp3) is 0.435. The molecule has 0 aromatic heterocycles. The number of carbonyl (C=O) groups is 1. The van der Waals surface area contributed by atoms with Gasteiger partial charge in [-0.3, -0.25) is 4.79 Å². The van der Waals surface area contributed by atoms with Crippen LogP contribution in [0.15, 0.2) is 42.5 Å². The van der Waals surface area contributed by atoms with Crippen LogP contribution >= 0.6 is 11.6 Å². The van der Waals surface area contributed by atoms with Gasteiger partial charge in [0.2, 0.25) is 5.91 Å². The Morgan fingerprint density at radius 1 is 1.17 bits per heavy atom. The van der Waals surface area contributed by atoms with E-state index in [2.05, 4.69) is 5.32 Å². The Hall–Kier alpha value is -2.14. The Morgan fingerprint density at radius 3 is 2.52 bits per heavy atom. The summed E-state index contributed by atoms with van der Waals surface area (Å²) in [4.78, 5) is 12.7. The highest BCUT2D eigenvalue weighted by atomic mass is 35.5. The van der Waals surface area contributed by atoms with Crippen molar-refractivity contribution in [3.05, 3.63) is 58.6 Å². The van der Waals surface area contributed by atoms with E-state index in [1.54, 1.807) is 30.3 Å². The van der Waals surface area contributed by atoms with E-state index in [9.17, 15) is 13.6 Å². The summed E-state index contributed by atoms with van der Waals surface area (Å²) in [6.45, 7) is 2.51. The highest BCUT2D eigenvalue weighted by Crippen LogP contribution is 2.50. The lowest BCUT2D eigenvalue weighted by Gasteiger charge is -2.38. The summed E-state index contributed by atoms with van der Waals surface area (Å²) < 4.78 is 31.7. The number of hydrogen-bond donors (Lipinski definition) is 1. The quantitative estimate of drug-likeness (QED) is 0.625. The van der Waals surface area contributed by atoms with Gasteiger partial charge < -0.3 is 10.1 Å². The second-order valence-electron chi connectivity index (χ2n) is 8.25. The normalized spacial score (nSPS) is 24.2. The number of amides is 1. The smallest absolute Gasteiger partial charge is 0.263 e. The van der Waals surface area contributed by atoms with Crippen molar-refractivity contribution in [2.45, 2.75) is 44.4 Å². The van der Waals surface area contributed by atoms with E-state index in [1.807, 2.05) is 6.92 Å². The Balaban J connectivity index is 1.40. The minimum absolute atomic E-state index is 0.00183. The van der Waals surface area contributed by atoms with Crippen molar-refractivity contribution >= 4 is 23.2 Å². The van der Waals surface area contributed by atoms with Gasteiger partial charge in [0.1, 0.15) is 5.75 Å². The van der Waals surface area contributed by atoms with Crippen LogP contribution < -0.4 is 10.1 Å². The van der Waals surface area contributed by atoms with Crippen LogP contribution in [-0.4, -0.2) is 12.5 Å². The van der Waals surface area contributed by atoms with Crippen LogP contribution in [0.25, 0.3) is 0 Å². The summed E-state index contributed by atoms with van der Waals surface area (Å²) >= 11 is 5.89. The monoisotopic (exact) mass is 419 g/mol. The van der Waals surface area contributed by atoms with Gasteiger partial charge in [0.05, 0.1) is 6.61 Å². The van der Waals surface area contributed by atoms with Gasteiger partial charge in [0.15, 0.2) is 0 Å². The first-order valence-electron chi connectivity index (χ1n) is 10.00. The van der Waals surface area contributed by atoms with Crippen molar-refractivity contribution in [3.63, 3.8) is 0 Å². The van der Waals surface area contributed by atoms with Crippen LogP contribution in [0.4, 0.5) is 14.5 Å². The number of halogens is 3. The molecule has 1 aliphatic carbocycles. The fourth-order valence-corrected chi connectivity index (χ4v) is 4.76. The number of rotatable bonds is 4. The van der Waals surface area contributed by atoms with Crippen LogP contribution in [0.1, 0.15) is 50.2 Å². The number of carbonyl (C=O) groups excluding carboxylic acids is 1. The molecular weight excluding hydrogens is 396 g/mol. The van der Waals surface area contributed by atoms with Crippen molar-refractivity contribution < 1.29 is 18.3 Å². The van der Waals surface area contributed by atoms with E-state index in [-0.39, 0.29) is 28.7 Å². The molecule has 1 amide bonds. The third-order valence-corrected chi connectivity index (χ3v) is 6.80. The summed E-state index contributed by atoms with van der Waals surface area (Å²) in [5, 5.41) is 3.60. The Kier molecular flexibility index (Phi) is 5.52. The molecule has 1 aliphatic heterocycles. The molecule has 1 N–H and O–H groups in total. The van der Waals surface area contributed by atoms with Crippen molar-refractivity contribution in [1.29, 1.82) is 0 Å². The van der Waals surface area contributed by atoms with Gasteiger partial charge in [0.25, 0.3) is 6.43 Å². The zero-order valence-electron chi connectivity index (χ0n) is 16.3. The molecule has 0 radical (unpaired) electrons. The maximum atomic E-state index is 13.0. The SMILES string of the molecule is C[C@H](C(=O)Nc1ccc(Cl)cc1)[C@H]1CC[C@@]2(CC1)COc1cc(C(F)F)ccc12. The van der Waals surface area contributed by atoms with E-state index < -0.39 is 6.43 Å². The first-order valence-corrected chi connectivity index (χ1v) is 10.4. The maximum Gasteiger partial charge on any atom is 0.263 e. The molecule has 2 aliphatic rings. The molecule has 0 saturated heterocycles. The zero-order chi connectivity index (χ0) is 20.6. The van der Waals surface area contributed by atoms with Crippen LogP contribution in [0, 0.1) is 11.8 Å². The molecule has 0 bridgehead atoms. The molecule has 0 unspecified atom stereocenters. The van der Waals surface area contributed by atoms with Gasteiger partial charge in [-0.25, -0.2) is 8.78 Å². The summed E-state index contributed by atoms with van der Waals surface area (Å²) in [6, 6.07) is 11.9. The van der Waals surface area contributed by atoms with Gasteiger partial charge in [-0.15, -0.1) is 0 Å².